The molecule has 5 heteroatoms. The van der Waals surface area contributed by atoms with Crippen LogP contribution in [0, 0.1) is 28.3 Å². The number of nitro groups is 1. The van der Waals surface area contributed by atoms with Crippen LogP contribution in [0.2, 0.25) is 0 Å². The molecule has 0 N–H and O–H groups in total. The fraction of sp³-hybridized carbons (Fsp3) is 0.200. The number of benzene rings is 1. The first kappa shape index (κ1) is 11.0. The standard InChI is InChI=1S/C10H8FNO3/c1-2-3-6-15-8-4-5-10(12(13)14)9(11)7-8/h1,4-5,7H,3,6H2. The maximum Gasteiger partial charge on any atom is 0.305 e. The average Bonchev–Trinajstić information content (AvgIpc) is 2.17. The Kier molecular flexibility index (Phi) is 3.63. The second-order valence-corrected chi connectivity index (χ2v) is 2.67. The number of halogens is 1. The normalized spacial score (nSPS) is 9.33. The maximum absolute atomic E-state index is 13.0. The van der Waals surface area contributed by atoms with Crippen molar-refractivity contribution >= 4 is 5.69 Å². The average molecular weight is 209 g/mol. The molecule has 0 saturated carbocycles. The van der Waals surface area contributed by atoms with Crippen LogP contribution in [0.15, 0.2) is 18.2 Å². The van der Waals surface area contributed by atoms with E-state index in [2.05, 4.69) is 5.92 Å². The van der Waals surface area contributed by atoms with E-state index in [0.29, 0.717) is 6.42 Å². The Bertz CT molecular complexity index is 412. The van der Waals surface area contributed by atoms with E-state index in [1.54, 1.807) is 0 Å². The van der Waals surface area contributed by atoms with Crippen LogP contribution in [0.25, 0.3) is 0 Å². The number of ether oxygens (including phenoxy) is 1. The summed E-state index contributed by atoms with van der Waals surface area (Å²) < 4.78 is 18.1. The monoisotopic (exact) mass is 209 g/mol. The number of hydrogen-bond donors (Lipinski definition) is 0. The lowest BCUT2D eigenvalue weighted by Crippen LogP contribution is -1.98. The molecule has 0 aromatic heterocycles. The van der Waals surface area contributed by atoms with Crippen LogP contribution < -0.4 is 4.74 Å². The highest BCUT2D eigenvalue weighted by molar-refractivity contribution is 5.37. The molecule has 1 aromatic rings. The number of rotatable bonds is 4. The van der Waals surface area contributed by atoms with Crippen LogP contribution in [0.4, 0.5) is 10.1 Å². The molecule has 78 valence electrons. The molecule has 1 aromatic carbocycles. The van der Waals surface area contributed by atoms with Gasteiger partial charge in [-0.05, 0) is 6.07 Å². The van der Waals surface area contributed by atoms with E-state index in [4.69, 9.17) is 11.2 Å². The van der Waals surface area contributed by atoms with E-state index in [0.717, 1.165) is 12.1 Å². The molecule has 0 atom stereocenters. The summed E-state index contributed by atoms with van der Waals surface area (Å²) in [5.41, 5.74) is -0.570. The second kappa shape index (κ2) is 4.96. The summed E-state index contributed by atoms with van der Waals surface area (Å²) in [6.07, 6.45) is 5.39. The van der Waals surface area contributed by atoms with Crippen LogP contribution >= 0.6 is 0 Å². The lowest BCUT2D eigenvalue weighted by molar-refractivity contribution is -0.387. The summed E-state index contributed by atoms with van der Waals surface area (Å²) in [7, 11) is 0. The number of nitro benzene ring substituents is 1. The summed E-state index contributed by atoms with van der Waals surface area (Å²) in [5, 5.41) is 10.3. The van der Waals surface area contributed by atoms with Crippen LogP contribution in [-0.2, 0) is 0 Å². The van der Waals surface area contributed by atoms with Crippen LogP contribution in [0.5, 0.6) is 5.75 Å². The molecular weight excluding hydrogens is 201 g/mol. The zero-order valence-electron chi connectivity index (χ0n) is 7.77. The molecule has 0 radical (unpaired) electrons. The molecular formula is C10H8FNO3. The van der Waals surface area contributed by atoms with E-state index in [9.17, 15) is 14.5 Å². The summed E-state index contributed by atoms with van der Waals surface area (Å²) in [6.45, 7) is 0.258. The van der Waals surface area contributed by atoms with Crippen LogP contribution in [0.1, 0.15) is 6.42 Å². The van der Waals surface area contributed by atoms with Crippen molar-refractivity contribution in [3.8, 4) is 18.1 Å². The minimum absolute atomic E-state index is 0.230. The van der Waals surface area contributed by atoms with Crippen LogP contribution in [-0.4, -0.2) is 11.5 Å². The van der Waals surface area contributed by atoms with Gasteiger partial charge in [-0.2, -0.15) is 4.39 Å². The quantitative estimate of drug-likeness (QED) is 0.330. The number of hydrogen-bond acceptors (Lipinski definition) is 3. The Hall–Kier alpha value is -2.09. The summed E-state index contributed by atoms with van der Waals surface area (Å²) in [5.74, 6) is 1.67. The fourth-order valence-corrected chi connectivity index (χ4v) is 0.953. The predicted octanol–water partition coefficient (Wildman–Crippen LogP) is 2.14. The first-order valence-corrected chi connectivity index (χ1v) is 4.15. The van der Waals surface area contributed by atoms with Crippen molar-refractivity contribution in [2.24, 2.45) is 0 Å². The van der Waals surface area contributed by atoms with Crippen molar-refractivity contribution < 1.29 is 14.1 Å². The molecule has 0 amide bonds. The van der Waals surface area contributed by atoms with Gasteiger partial charge in [0, 0.05) is 18.6 Å². The minimum atomic E-state index is -0.918. The third kappa shape index (κ3) is 2.95. The molecule has 0 saturated heterocycles. The first-order chi connectivity index (χ1) is 7.15. The van der Waals surface area contributed by atoms with Crippen molar-refractivity contribution in [2.45, 2.75) is 6.42 Å². The van der Waals surface area contributed by atoms with E-state index >= 15 is 0 Å². The predicted molar refractivity (Wildman–Crippen MR) is 52.0 cm³/mol. The molecule has 0 bridgehead atoms. The van der Waals surface area contributed by atoms with Gasteiger partial charge in [0.25, 0.3) is 0 Å². The van der Waals surface area contributed by atoms with Crippen molar-refractivity contribution in [3.63, 3.8) is 0 Å². The molecule has 0 fully saturated rings. The highest BCUT2D eigenvalue weighted by Gasteiger charge is 2.13. The molecule has 15 heavy (non-hydrogen) atoms. The van der Waals surface area contributed by atoms with Gasteiger partial charge < -0.3 is 4.74 Å². The minimum Gasteiger partial charge on any atom is -0.492 e. The zero-order chi connectivity index (χ0) is 11.3. The lowest BCUT2D eigenvalue weighted by atomic mass is 10.3. The smallest absolute Gasteiger partial charge is 0.305 e. The van der Waals surface area contributed by atoms with Gasteiger partial charge >= 0.3 is 5.69 Å². The Labute approximate surface area is 85.8 Å². The summed E-state index contributed by atoms with van der Waals surface area (Å²) in [4.78, 5) is 9.50. The third-order valence-corrected chi connectivity index (χ3v) is 1.63. The van der Waals surface area contributed by atoms with Gasteiger partial charge in [0.05, 0.1) is 11.5 Å². The molecule has 4 nitrogen and oxygen atoms in total. The maximum atomic E-state index is 13.0. The van der Waals surface area contributed by atoms with Crippen molar-refractivity contribution in [1.82, 2.24) is 0 Å². The Morgan fingerprint density at radius 1 is 1.60 bits per heavy atom. The summed E-state index contributed by atoms with van der Waals surface area (Å²) in [6, 6.07) is 3.35. The fourth-order valence-electron chi connectivity index (χ4n) is 0.953. The van der Waals surface area contributed by atoms with Gasteiger partial charge in [0.15, 0.2) is 0 Å². The SMILES string of the molecule is C#CCCOc1ccc([N+](=O)[O-])c(F)c1. The molecule has 1 rings (SSSR count). The zero-order valence-corrected chi connectivity index (χ0v) is 7.77. The Morgan fingerprint density at radius 3 is 2.87 bits per heavy atom. The first-order valence-electron chi connectivity index (χ1n) is 4.15. The van der Waals surface area contributed by atoms with Gasteiger partial charge in [0.2, 0.25) is 5.82 Å². The number of nitrogens with zero attached hydrogens (tertiary/aromatic N) is 1. The molecule has 0 aliphatic rings. The van der Waals surface area contributed by atoms with Crippen LogP contribution in [0.3, 0.4) is 0 Å². The third-order valence-electron chi connectivity index (χ3n) is 1.63. The van der Waals surface area contributed by atoms with Crippen molar-refractivity contribution in [3.05, 3.63) is 34.1 Å². The molecule has 0 heterocycles. The second-order valence-electron chi connectivity index (χ2n) is 2.67. The van der Waals surface area contributed by atoms with E-state index < -0.39 is 16.4 Å². The molecule has 0 aliphatic carbocycles. The number of terminal acetylenes is 1. The van der Waals surface area contributed by atoms with Gasteiger partial charge in [-0.1, -0.05) is 0 Å². The molecule has 0 aliphatic heterocycles. The lowest BCUT2D eigenvalue weighted by Gasteiger charge is -2.03. The largest absolute Gasteiger partial charge is 0.492 e. The highest BCUT2D eigenvalue weighted by Crippen LogP contribution is 2.22. The van der Waals surface area contributed by atoms with Gasteiger partial charge in [0.1, 0.15) is 5.75 Å². The van der Waals surface area contributed by atoms with E-state index in [1.807, 2.05) is 0 Å². The van der Waals surface area contributed by atoms with Crippen molar-refractivity contribution in [1.29, 1.82) is 0 Å². The van der Waals surface area contributed by atoms with E-state index in [-0.39, 0.29) is 12.4 Å². The Morgan fingerprint density at radius 2 is 2.33 bits per heavy atom. The van der Waals surface area contributed by atoms with Gasteiger partial charge in [-0.3, -0.25) is 10.1 Å². The van der Waals surface area contributed by atoms with Gasteiger partial charge in [-0.15, -0.1) is 12.3 Å². The van der Waals surface area contributed by atoms with E-state index in [1.165, 1.54) is 6.07 Å². The molecule has 0 unspecified atom stereocenters. The van der Waals surface area contributed by atoms with Gasteiger partial charge in [-0.25, -0.2) is 0 Å². The summed E-state index contributed by atoms with van der Waals surface area (Å²) >= 11 is 0. The van der Waals surface area contributed by atoms with Crippen molar-refractivity contribution in [2.75, 3.05) is 6.61 Å². The highest BCUT2D eigenvalue weighted by atomic mass is 19.1. The Balaban J connectivity index is 2.74. The topological polar surface area (TPSA) is 52.4 Å². The molecule has 0 spiro atoms.